The van der Waals surface area contributed by atoms with Crippen LogP contribution < -0.4 is 5.32 Å². The number of aryl methyl sites for hydroxylation is 1. The van der Waals surface area contributed by atoms with Crippen LogP contribution >= 0.6 is 15.9 Å². The van der Waals surface area contributed by atoms with Crippen molar-refractivity contribution in [3.63, 3.8) is 0 Å². The van der Waals surface area contributed by atoms with Crippen LogP contribution in [0, 0.1) is 0 Å². The molecule has 1 N–H and O–H groups in total. The minimum Gasteiger partial charge on any atom is -0.379 e. The molecule has 0 saturated carbocycles. The number of halogens is 1. The number of rotatable bonds is 4. The van der Waals surface area contributed by atoms with Crippen LogP contribution in [0.25, 0.3) is 11.3 Å². The van der Waals surface area contributed by atoms with Crippen molar-refractivity contribution in [1.29, 1.82) is 0 Å². The monoisotopic (exact) mass is 377 g/mol. The number of hydrogen-bond donors (Lipinski definition) is 1. The van der Waals surface area contributed by atoms with E-state index in [9.17, 15) is 4.79 Å². The lowest BCUT2D eigenvalue weighted by Crippen LogP contribution is -2.13. The summed E-state index contributed by atoms with van der Waals surface area (Å²) >= 11 is 3.63. The highest BCUT2D eigenvalue weighted by molar-refractivity contribution is 9.10. The van der Waals surface area contributed by atoms with Crippen LogP contribution in [0.5, 0.6) is 0 Å². The van der Waals surface area contributed by atoms with Crippen molar-refractivity contribution in [2.24, 2.45) is 0 Å². The molecule has 1 aromatic heterocycles. The number of anilines is 1. The summed E-state index contributed by atoms with van der Waals surface area (Å²) in [6.07, 6.45) is 3.65. The van der Waals surface area contributed by atoms with Gasteiger partial charge in [-0.25, -0.2) is 0 Å². The third-order valence-electron chi connectivity index (χ3n) is 4.08. The quantitative estimate of drug-likeness (QED) is 0.881. The molecule has 1 fully saturated rings. The van der Waals surface area contributed by atoms with Crippen molar-refractivity contribution < 1.29 is 9.53 Å². The van der Waals surface area contributed by atoms with Crippen LogP contribution in [-0.2, 0) is 16.0 Å². The summed E-state index contributed by atoms with van der Waals surface area (Å²) in [6.45, 7) is 5.07. The summed E-state index contributed by atoms with van der Waals surface area (Å²) in [4.78, 5) is 11.6. The molecule has 1 amide bonds. The van der Waals surface area contributed by atoms with Gasteiger partial charge in [0.25, 0.3) is 0 Å². The third-order valence-corrected chi connectivity index (χ3v) is 4.81. The van der Waals surface area contributed by atoms with Gasteiger partial charge in [0.2, 0.25) is 5.91 Å². The Labute approximate surface area is 144 Å². The minimum absolute atomic E-state index is 0.0779. The molecule has 3 rings (SSSR count). The van der Waals surface area contributed by atoms with Gasteiger partial charge in [-0.2, -0.15) is 5.10 Å². The Morgan fingerprint density at radius 3 is 3.00 bits per heavy atom. The van der Waals surface area contributed by atoms with Crippen molar-refractivity contribution in [3.8, 4) is 11.3 Å². The van der Waals surface area contributed by atoms with Crippen LogP contribution in [0.15, 0.2) is 28.9 Å². The fourth-order valence-corrected chi connectivity index (χ4v) is 3.55. The van der Waals surface area contributed by atoms with Gasteiger partial charge in [0, 0.05) is 29.8 Å². The first-order valence-electron chi connectivity index (χ1n) is 7.81. The van der Waals surface area contributed by atoms with Gasteiger partial charge in [0.05, 0.1) is 24.0 Å². The van der Waals surface area contributed by atoms with Crippen LogP contribution in [-0.4, -0.2) is 28.9 Å². The topological polar surface area (TPSA) is 56.2 Å². The SMILES string of the molecule is CCc1cc(NC(C)=O)c(-c2ccnn2[C@@H]2CCOC2)cc1Br. The molecule has 23 heavy (non-hydrogen) atoms. The maximum Gasteiger partial charge on any atom is 0.221 e. The van der Waals surface area contributed by atoms with Gasteiger partial charge in [-0.05, 0) is 36.6 Å². The Morgan fingerprint density at radius 1 is 1.52 bits per heavy atom. The molecule has 0 radical (unpaired) electrons. The molecule has 1 atom stereocenters. The number of aromatic nitrogens is 2. The summed E-state index contributed by atoms with van der Waals surface area (Å²) in [7, 11) is 0. The van der Waals surface area contributed by atoms with Crippen LogP contribution in [0.2, 0.25) is 0 Å². The van der Waals surface area contributed by atoms with E-state index < -0.39 is 0 Å². The molecule has 0 spiro atoms. The van der Waals surface area contributed by atoms with Gasteiger partial charge in [-0.1, -0.05) is 22.9 Å². The fraction of sp³-hybridized carbons (Fsp3) is 0.412. The maximum absolute atomic E-state index is 11.6. The van der Waals surface area contributed by atoms with Crippen molar-refractivity contribution in [2.75, 3.05) is 18.5 Å². The highest BCUT2D eigenvalue weighted by Crippen LogP contribution is 2.35. The van der Waals surface area contributed by atoms with Gasteiger partial charge >= 0.3 is 0 Å². The Hall–Kier alpha value is -1.66. The van der Waals surface area contributed by atoms with Gasteiger partial charge in [0.15, 0.2) is 0 Å². The van der Waals surface area contributed by atoms with E-state index in [2.05, 4.69) is 39.3 Å². The Balaban J connectivity index is 2.09. The molecule has 1 aromatic carbocycles. The maximum atomic E-state index is 11.6. The molecule has 0 bridgehead atoms. The molecule has 2 aromatic rings. The van der Waals surface area contributed by atoms with Gasteiger partial charge in [-0.15, -0.1) is 0 Å². The predicted octanol–water partition coefficient (Wildman–Crippen LogP) is 3.79. The molecular formula is C17H20BrN3O2. The Kier molecular flexibility index (Phi) is 4.82. The highest BCUT2D eigenvalue weighted by Gasteiger charge is 2.22. The van der Waals surface area contributed by atoms with Crippen LogP contribution in [0.1, 0.15) is 31.9 Å². The van der Waals surface area contributed by atoms with E-state index in [1.165, 1.54) is 6.92 Å². The van der Waals surface area contributed by atoms with E-state index in [1.54, 1.807) is 6.20 Å². The molecule has 1 aliphatic heterocycles. The first kappa shape index (κ1) is 16.2. The highest BCUT2D eigenvalue weighted by atomic mass is 79.9. The lowest BCUT2D eigenvalue weighted by atomic mass is 10.0. The van der Waals surface area contributed by atoms with Crippen LogP contribution in [0.4, 0.5) is 5.69 Å². The third kappa shape index (κ3) is 3.33. The minimum atomic E-state index is -0.0779. The van der Waals surface area contributed by atoms with Gasteiger partial charge in [-0.3, -0.25) is 9.48 Å². The predicted molar refractivity (Wildman–Crippen MR) is 93.5 cm³/mol. The summed E-state index contributed by atoms with van der Waals surface area (Å²) in [6, 6.07) is 6.32. The zero-order valence-electron chi connectivity index (χ0n) is 13.3. The van der Waals surface area contributed by atoms with Crippen molar-refractivity contribution in [3.05, 3.63) is 34.4 Å². The lowest BCUT2D eigenvalue weighted by Gasteiger charge is -2.17. The van der Waals surface area contributed by atoms with E-state index in [-0.39, 0.29) is 11.9 Å². The Morgan fingerprint density at radius 2 is 2.35 bits per heavy atom. The number of carbonyl (C=O) groups excluding carboxylic acids is 1. The lowest BCUT2D eigenvalue weighted by molar-refractivity contribution is -0.114. The zero-order chi connectivity index (χ0) is 16.4. The second-order valence-electron chi connectivity index (χ2n) is 5.70. The normalized spacial score (nSPS) is 17.4. The van der Waals surface area contributed by atoms with E-state index in [0.29, 0.717) is 6.61 Å². The summed E-state index contributed by atoms with van der Waals surface area (Å²) in [5.41, 5.74) is 3.94. The van der Waals surface area contributed by atoms with Gasteiger partial charge < -0.3 is 10.1 Å². The number of carbonyl (C=O) groups is 1. The van der Waals surface area contributed by atoms with Crippen molar-refractivity contribution in [1.82, 2.24) is 9.78 Å². The standard InChI is InChI=1S/C17H20BrN3O2/c1-3-12-8-16(20-11(2)22)14(9-15(12)18)17-4-6-19-21(17)13-5-7-23-10-13/h4,6,8-9,13H,3,5,7,10H2,1-2H3,(H,20,22)/t13-/m1/s1. The van der Waals surface area contributed by atoms with E-state index in [1.807, 2.05) is 16.8 Å². The first-order chi connectivity index (χ1) is 11.1. The number of amides is 1. The van der Waals surface area contributed by atoms with Gasteiger partial charge in [0.1, 0.15) is 0 Å². The molecule has 0 unspecified atom stereocenters. The molecule has 122 valence electrons. The average Bonchev–Trinajstić information content (AvgIpc) is 3.18. The average molecular weight is 378 g/mol. The fourth-order valence-electron chi connectivity index (χ4n) is 2.93. The molecule has 5 nitrogen and oxygen atoms in total. The molecule has 0 aliphatic carbocycles. The van der Waals surface area contributed by atoms with E-state index in [4.69, 9.17) is 4.74 Å². The summed E-state index contributed by atoms with van der Waals surface area (Å²) in [5.74, 6) is -0.0779. The number of hydrogen-bond acceptors (Lipinski definition) is 3. The first-order valence-corrected chi connectivity index (χ1v) is 8.61. The second-order valence-corrected chi connectivity index (χ2v) is 6.56. The molecule has 6 heteroatoms. The van der Waals surface area contributed by atoms with Crippen molar-refractivity contribution in [2.45, 2.75) is 32.7 Å². The molecular weight excluding hydrogens is 358 g/mol. The van der Waals surface area contributed by atoms with E-state index >= 15 is 0 Å². The molecule has 1 saturated heterocycles. The smallest absolute Gasteiger partial charge is 0.221 e. The number of ether oxygens (including phenoxy) is 1. The van der Waals surface area contributed by atoms with Crippen LogP contribution in [0.3, 0.4) is 0 Å². The summed E-state index contributed by atoms with van der Waals surface area (Å²) < 4.78 is 8.53. The van der Waals surface area contributed by atoms with Crippen molar-refractivity contribution >= 4 is 27.5 Å². The Bertz CT molecular complexity index is 721. The number of nitrogens with one attached hydrogen (secondary N) is 1. The summed E-state index contributed by atoms with van der Waals surface area (Å²) in [5, 5.41) is 7.43. The van der Waals surface area contributed by atoms with E-state index in [0.717, 1.165) is 46.4 Å². The molecule has 1 aliphatic rings. The molecule has 2 heterocycles. The number of nitrogens with zero attached hydrogens (tertiary/aromatic N) is 2. The number of benzene rings is 1. The largest absolute Gasteiger partial charge is 0.379 e. The second kappa shape index (κ2) is 6.84. The zero-order valence-corrected chi connectivity index (χ0v) is 14.9.